The summed E-state index contributed by atoms with van der Waals surface area (Å²) in [5.41, 5.74) is 1.17. The SMILES string of the molecule is CCC[CH2][Sn](/[CH]=C/[C@H]1OC(C)(C)O[C@@H]1CCCOCc1ccc(OC)cc1)([CH2]CCC)[CH2]CCC. The summed E-state index contributed by atoms with van der Waals surface area (Å²) in [7, 11) is 1.69. The molecule has 1 saturated heterocycles. The van der Waals surface area contributed by atoms with E-state index in [2.05, 4.69) is 56.9 Å². The first-order valence-electron chi connectivity index (χ1n) is 14.1. The number of methoxy groups -OCH3 is 1. The van der Waals surface area contributed by atoms with Crippen molar-refractivity contribution in [1.82, 2.24) is 0 Å². The first-order chi connectivity index (χ1) is 16.9. The van der Waals surface area contributed by atoms with Crippen molar-refractivity contribution in [2.45, 2.75) is 124 Å². The van der Waals surface area contributed by atoms with Crippen LogP contribution in [-0.4, -0.2) is 50.1 Å². The van der Waals surface area contributed by atoms with Gasteiger partial charge in [0.15, 0.2) is 0 Å². The zero-order valence-electron chi connectivity index (χ0n) is 23.4. The van der Waals surface area contributed by atoms with E-state index in [4.69, 9.17) is 18.9 Å². The molecule has 1 fully saturated rings. The molecule has 0 N–H and O–H groups in total. The number of hydrogen-bond donors (Lipinski definition) is 0. The maximum absolute atomic E-state index is 6.39. The first-order valence-corrected chi connectivity index (χ1v) is 21.8. The van der Waals surface area contributed by atoms with Crippen LogP contribution >= 0.6 is 0 Å². The summed E-state index contributed by atoms with van der Waals surface area (Å²) < 4.78 is 31.1. The summed E-state index contributed by atoms with van der Waals surface area (Å²) in [6.07, 6.45) is 12.6. The summed E-state index contributed by atoms with van der Waals surface area (Å²) in [4.78, 5) is 0. The van der Waals surface area contributed by atoms with Gasteiger partial charge in [-0.25, -0.2) is 0 Å². The van der Waals surface area contributed by atoms with Crippen LogP contribution in [0, 0.1) is 0 Å². The molecule has 1 aromatic carbocycles. The van der Waals surface area contributed by atoms with Crippen molar-refractivity contribution in [2.75, 3.05) is 13.7 Å². The molecule has 0 amide bonds. The molecular formula is C30H52O4Sn. The molecule has 200 valence electrons. The predicted octanol–water partition coefficient (Wildman–Crippen LogP) is 8.46. The Bertz CT molecular complexity index is 694. The van der Waals surface area contributed by atoms with E-state index in [0.717, 1.165) is 25.2 Å². The van der Waals surface area contributed by atoms with Gasteiger partial charge in [-0.2, -0.15) is 0 Å². The Morgan fingerprint density at radius 3 is 2.03 bits per heavy atom. The zero-order chi connectivity index (χ0) is 25.6. The van der Waals surface area contributed by atoms with E-state index in [0.29, 0.717) is 6.61 Å². The molecule has 0 spiro atoms. The molecule has 1 aromatic rings. The fourth-order valence-electron chi connectivity index (χ4n) is 5.06. The minimum absolute atomic E-state index is 0.0625. The molecule has 2 rings (SSSR count). The summed E-state index contributed by atoms with van der Waals surface area (Å²) in [6, 6.07) is 8.08. The van der Waals surface area contributed by atoms with Gasteiger partial charge in [-0.05, 0) is 0 Å². The quantitative estimate of drug-likeness (QED) is 0.126. The topological polar surface area (TPSA) is 36.9 Å². The summed E-state index contributed by atoms with van der Waals surface area (Å²) in [5.74, 6) is 0.361. The molecule has 35 heavy (non-hydrogen) atoms. The fraction of sp³-hybridized carbons (Fsp3) is 0.733. The van der Waals surface area contributed by atoms with E-state index >= 15 is 0 Å². The third-order valence-corrected chi connectivity index (χ3v) is 21.3. The van der Waals surface area contributed by atoms with E-state index < -0.39 is 24.2 Å². The summed E-state index contributed by atoms with van der Waals surface area (Å²) in [6.45, 7) is 12.5. The van der Waals surface area contributed by atoms with E-state index in [1.54, 1.807) is 7.11 Å². The third-order valence-electron chi connectivity index (χ3n) is 7.15. The van der Waals surface area contributed by atoms with E-state index in [-0.39, 0.29) is 12.2 Å². The normalized spacial score (nSPS) is 20.1. The molecule has 0 unspecified atom stereocenters. The molecule has 1 heterocycles. The van der Waals surface area contributed by atoms with Gasteiger partial charge in [-0.1, -0.05) is 0 Å². The average Bonchev–Trinajstić information content (AvgIpc) is 3.16. The number of ether oxygens (including phenoxy) is 4. The molecule has 0 saturated carbocycles. The zero-order valence-corrected chi connectivity index (χ0v) is 26.3. The van der Waals surface area contributed by atoms with Gasteiger partial charge in [-0.3, -0.25) is 0 Å². The van der Waals surface area contributed by atoms with Gasteiger partial charge in [0.25, 0.3) is 0 Å². The van der Waals surface area contributed by atoms with Crippen molar-refractivity contribution >= 4 is 18.4 Å². The molecule has 4 nitrogen and oxygen atoms in total. The van der Waals surface area contributed by atoms with Gasteiger partial charge in [0.05, 0.1) is 7.11 Å². The Hall–Kier alpha value is -0.561. The first kappa shape index (κ1) is 30.7. The van der Waals surface area contributed by atoms with Crippen LogP contribution in [0.15, 0.2) is 34.4 Å². The van der Waals surface area contributed by atoms with Crippen molar-refractivity contribution in [3.63, 3.8) is 0 Å². The number of rotatable bonds is 18. The standard InChI is InChI=1S/C18H25O4.3C4H9.Sn/c1-5-16-17(22-18(2,3)21-16)7-6-12-20-13-14-8-10-15(19-4)11-9-14;3*1-3-4-2;/h1,5,8-11,16-17H,6-7,12-13H2,2-4H3;3*1,3-4H2,2H3;/t16-,17-;;;;/m1..../s1. The molecule has 1 aliphatic heterocycles. The van der Waals surface area contributed by atoms with Crippen LogP contribution in [-0.2, 0) is 20.8 Å². The van der Waals surface area contributed by atoms with Crippen LogP contribution in [0.25, 0.3) is 0 Å². The van der Waals surface area contributed by atoms with Crippen LogP contribution in [0.3, 0.4) is 0 Å². The van der Waals surface area contributed by atoms with Crippen LogP contribution in [0.2, 0.25) is 13.3 Å². The van der Waals surface area contributed by atoms with Crippen molar-refractivity contribution in [3.8, 4) is 5.75 Å². The van der Waals surface area contributed by atoms with Crippen molar-refractivity contribution in [2.24, 2.45) is 0 Å². The second-order valence-corrected chi connectivity index (χ2v) is 23.7. The van der Waals surface area contributed by atoms with E-state index in [1.807, 2.05) is 12.1 Å². The van der Waals surface area contributed by atoms with Crippen LogP contribution in [0.5, 0.6) is 5.75 Å². The minimum atomic E-state index is -2.33. The Morgan fingerprint density at radius 1 is 0.886 bits per heavy atom. The molecular weight excluding hydrogens is 543 g/mol. The average molecular weight is 595 g/mol. The monoisotopic (exact) mass is 596 g/mol. The van der Waals surface area contributed by atoms with Crippen LogP contribution in [0.4, 0.5) is 0 Å². The molecule has 0 radical (unpaired) electrons. The maximum atomic E-state index is 6.39. The van der Waals surface area contributed by atoms with E-state index in [9.17, 15) is 0 Å². The van der Waals surface area contributed by atoms with Gasteiger partial charge >= 0.3 is 203 Å². The molecule has 0 aliphatic carbocycles. The fourth-order valence-corrected chi connectivity index (χ4v) is 19.4. The Balaban J connectivity index is 1.94. The Labute approximate surface area is 220 Å². The van der Waals surface area contributed by atoms with Gasteiger partial charge in [0.1, 0.15) is 5.75 Å². The molecule has 1 aliphatic rings. The number of benzene rings is 1. The molecule has 0 bridgehead atoms. The number of hydrogen-bond acceptors (Lipinski definition) is 4. The van der Waals surface area contributed by atoms with Crippen LogP contribution < -0.4 is 4.74 Å². The summed E-state index contributed by atoms with van der Waals surface area (Å²) >= 11 is -2.33. The van der Waals surface area contributed by atoms with Crippen molar-refractivity contribution in [3.05, 3.63) is 40.0 Å². The van der Waals surface area contributed by atoms with Gasteiger partial charge < -0.3 is 4.74 Å². The molecule has 0 aromatic heterocycles. The van der Waals surface area contributed by atoms with E-state index in [1.165, 1.54) is 57.4 Å². The Kier molecular flexibility index (Phi) is 14.3. The second kappa shape index (κ2) is 16.3. The van der Waals surface area contributed by atoms with Crippen molar-refractivity contribution in [1.29, 1.82) is 0 Å². The predicted molar refractivity (Wildman–Crippen MR) is 150 cm³/mol. The van der Waals surface area contributed by atoms with Gasteiger partial charge in [-0.15, -0.1) is 0 Å². The number of unbranched alkanes of at least 4 members (excludes halogenated alkanes) is 3. The molecule has 2 atom stereocenters. The van der Waals surface area contributed by atoms with Crippen LogP contribution in [0.1, 0.15) is 91.5 Å². The Morgan fingerprint density at radius 2 is 1.49 bits per heavy atom. The van der Waals surface area contributed by atoms with Crippen molar-refractivity contribution < 1.29 is 18.9 Å². The third kappa shape index (κ3) is 11.2. The molecule has 5 heteroatoms. The van der Waals surface area contributed by atoms with Gasteiger partial charge in [0, 0.05) is 0 Å². The summed E-state index contributed by atoms with van der Waals surface area (Å²) in [5, 5.41) is 0. The second-order valence-electron chi connectivity index (χ2n) is 10.7. The van der Waals surface area contributed by atoms with Gasteiger partial charge in [0.2, 0.25) is 0 Å².